The lowest BCUT2D eigenvalue weighted by Gasteiger charge is -2.24. The highest BCUT2D eigenvalue weighted by Gasteiger charge is 2.29. The SMILES string of the molecule is O=[N+]([O-])c1ccc(N/N=C/c2ccc(N3N=C(c4ccccc4)CC3c3ccccc3)cc2)c([N+](=O)[O-])c1. The average molecular weight is 507 g/mol. The predicted molar refractivity (Wildman–Crippen MR) is 147 cm³/mol. The fraction of sp³-hybridized carbons (Fsp3) is 0.0714. The highest BCUT2D eigenvalue weighted by molar-refractivity contribution is 6.03. The van der Waals surface area contributed by atoms with Crippen molar-refractivity contribution in [3.8, 4) is 0 Å². The summed E-state index contributed by atoms with van der Waals surface area (Å²) >= 11 is 0. The van der Waals surface area contributed by atoms with Gasteiger partial charge in [-0.1, -0.05) is 72.8 Å². The molecule has 1 aliphatic rings. The van der Waals surface area contributed by atoms with Crippen molar-refractivity contribution in [2.45, 2.75) is 12.5 Å². The summed E-state index contributed by atoms with van der Waals surface area (Å²) in [5.74, 6) is 0. The number of nitrogens with one attached hydrogen (secondary N) is 1. The standard InChI is InChI=1S/C28H22N6O4/c35-33(36)24-15-16-25(28(17-24)34(37)38)30-29-19-20-11-13-23(14-12-20)32-27(22-9-5-2-6-10-22)18-26(31-32)21-7-3-1-4-8-21/h1-17,19,27,30H,18H2/b29-19+. The molecule has 1 aliphatic heterocycles. The fourth-order valence-electron chi connectivity index (χ4n) is 4.26. The van der Waals surface area contributed by atoms with Crippen molar-refractivity contribution >= 4 is 34.7 Å². The van der Waals surface area contributed by atoms with Crippen LogP contribution in [-0.2, 0) is 0 Å². The molecule has 1 N–H and O–H groups in total. The summed E-state index contributed by atoms with van der Waals surface area (Å²) in [6.07, 6.45) is 2.29. The van der Waals surface area contributed by atoms with Crippen LogP contribution in [0.1, 0.15) is 29.2 Å². The van der Waals surface area contributed by atoms with Crippen LogP contribution in [0.15, 0.2) is 113 Å². The van der Waals surface area contributed by atoms with Gasteiger partial charge in [0.05, 0.1) is 39.6 Å². The van der Waals surface area contributed by atoms with E-state index in [0.29, 0.717) is 0 Å². The van der Waals surface area contributed by atoms with Crippen LogP contribution < -0.4 is 10.4 Å². The molecule has 0 saturated heterocycles. The Balaban J connectivity index is 1.36. The number of nitro benzene ring substituents is 2. The van der Waals surface area contributed by atoms with Crippen molar-refractivity contribution in [3.05, 3.63) is 140 Å². The Morgan fingerprint density at radius 2 is 1.55 bits per heavy atom. The molecule has 0 aliphatic carbocycles. The van der Waals surface area contributed by atoms with Crippen LogP contribution in [0.2, 0.25) is 0 Å². The Morgan fingerprint density at radius 3 is 2.21 bits per heavy atom. The van der Waals surface area contributed by atoms with Gasteiger partial charge in [0.25, 0.3) is 5.69 Å². The number of hydrazone groups is 2. The number of benzene rings is 4. The van der Waals surface area contributed by atoms with Gasteiger partial charge in [0.2, 0.25) is 0 Å². The maximum Gasteiger partial charge on any atom is 0.301 e. The molecule has 1 atom stereocenters. The van der Waals surface area contributed by atoms with E-state index in [2.05, 4.69) is 34.8 Å². The molecule has 0 radical (unpaired) electrons. The predicted octanol–water partition coefficient (Wildman–Crippen LogP) is 6.30. The van der Waals surface area contributed by atoms with E-state index in [0.717, 1.165) is 35.0 Å². The molecule has 4 aromatic rings. The minimum Gasteiger partial charge on any atom is -0.272 e. The number of non-ortho nitro benzene ring substituents is 1. The lowest BCUT2D eigenvalue weighted by molar-refractivity contribution is -0.393. The lowest BCUT2D eigenvalue weighted by atomic mass is 9.98. The van der Waals surface area contributed by atoms with Gasteiger partial charge in [-0.25, -0.2) is 0 Å². The zero-order valence-corrected chi connectivity index (χ0v) is 20.0. The van der Waals surface area contributed by atoms with Crippen LogP contribution in [0, 0.1) is 20.2 Å². The van der Waals surface area contributed by atoms with E-state index >= 15 is 0 Å². The molecular formula is C28H22N6O4. The van der Waals surface area contributed by atoms with Crippen LogP contribution in [0.25, 0.3) is 0 Å². The first kappa shape index (κ1) is 24.3. The highest BCUT2D eigenvalue weighted by Crippen LogP contribution is 2.36. The summed E-state index contributed by atoms with van der Waals surface area (Å²) in [5, 5.41) is 33.3. The van der Waals surface area contributed by atoms with Crippen LogP contribution in [-0.4, -0.2) is 21.8 Å². The molecule has 10 nitrogen and oxygen atoms in total. The van der Waals surface area contributed by atoms with Gasteiger partial charge in [0.15, 0.2) is 0 Å². The zero-order valence-electron chi connectivity index (χ0n) is 20.0. The van der Waals surface area contributed by atoms with Gasteiger partial charge >= 0.3 is 5.69 Å². The molecule has 0 bridgehead atoms. The third-order valence-electron chi connectivity index (χ3n) is 6.15. The molecular weight excluding hydrogens is 484 g/mol. The Labute approximate surface area is 217 Å². The molecule has 5 rings (SSSR count). The lowest BCUT2D eigenvalue weighted by Crippen LogP contribution is -2.18. The molecule has 10 heteroatoms. The Bertz CT molecular complexity index is 1520. The summed E-state index contributed by atoms with van der Waals surface area (Å²) in [4.78, 5) is 20.9. The van der Waals surface area contributed by atoms with E-state index in [1.54, 1.807) is 0 Å². The maximum atomic E-state index is 11.3. The van der Waals surface area contributed by atoms with Crippen LogP contribution in [0.5, 0.6) is 0 Å². The summed E-state index contributed by atoms with van der Waals surface area (Å²) in [6.45, 7) is 0. The van der Waals surface area contributed by atoms with Gasteiger partial charge in [-0.05, 0) is 34.9 Å². The van der Waals surface area contributed by atoms with E-state index in [4.69, 9.17) is 5.10 Å². The first-order chi connectivity index (χ1) is 18.5. The minimum absolute atomic E-state index is 0.0512. The summed E-state index contributed by atoms with van der Waals surface area (Å²) in [6, 6.07) is 31.4. The maximum absolute atomic E-state index is 11.3. The molecule has 0 saturated carbocycles. The quantitative estimate of drug-likeness (QED) is 0.170. The van der Waals surface area contributed by atoms with E-state index in [-0.39, 0.29) is 17.4 Å². The van der Waals surface area contributed by atoms with E-state index in [1.807, 2.05) is 65.7 Å². The van der Waals surface area contributed by atoms with Gasteiger partial charge in [-0.2, -0.15) is 10.2 Å². The first-order valence-electron chi connectivity index (χ1n) is 11.8. The van der Waals surface area contributed by atoms with Crippen molar-refractivity contribution in [2.24, 2.45) is 10.2 Å². The molecule has 4 aromatic carbocycles. The number of anilines is 2. The molecule has 0 spiro atoms. The molecule has 0 aromatic heterocycles. The van der Waals surface area contributed by atoms with Gasteiger partial charge in [-0.15, -0.1) is 0 Å². The zero-order chi connectivity index (χ0) is 26.5. The Kier molecular flexibility index (Phi) is 6.85. The average Bonchev–Trinajstić information content (AvgIpc) is 3.40. The fourth-order valence-corrected chi connectivity index (χ4v) is 4.26. The molecule has 1 unspecified atom stereocenters. The third-order valence-corrected chi connectivity index (χ3v) is 6.15. The van der Waals surface area contributed by atoms with Crippen LogP contribution in [0.4, 0.5) is 22.7 Å². The van der Waals surface area contributed by atoms with E-state index < -0.39 is 15.5 Å². The number of rotatable bonds is 8. The van der Waals surface area contributed by atoms with Crippen molar-refractivity contribution in [3.63, 3.8) is 0 Å². The minimum atomic E-state index is -0.691. The van der Waals surface area contributed by atoms with E-state index in [1.165, 1.54) is 23.9 Å². The monoisotopic (exact) mass is 506 g/mol. The third kappa shape index (κ3) is 5.24. The number of nitrogens with zero attached hydrogens (tertiary/aromatic N) is 5. The summed E-state index contributed by atoms with van der Waals surface area (Å²) in [5.41, 5.74) is 6.81. The van der Waals surface area contributed by atoms with Gasteiger partial charge < -0.3 is 0 Å². The van der Waals surface area contributed by atoms with Gasteiger partial charge in [0.1, 0.15) is 5.69 Å². The molecule has 188 valence electrons. The molecule has 38 heavy (non-hydrogen) atoms. The topological polar surface area (TPSA) is 126 Å². The molecule has 0 fully saturated rings. The largest absolute Gasteiger partial charge is 0.301 e. The van der Waals surface area contributed by atoms with E-state index in [9.17, 15) is 20.2 Å². The van der Waals surface area contributed by atoms with Gasteiger partial charge in [0, 0.05) is 12.5 Å². The van der Waals surface area contributed by atoms with Gasteiger partial charge in [-0.3, -0.25) is 30.7 Å². The second kappa shape index (κ2) is 10.7. The van der Waals surface area contributed by atoms with Crippen molar-refractivity contribution in [1.29, 1.82) is 0 Å². The summed E-state index contributed by atoms with van der Waals surface area (Å²) < 4.78 is 0. The number of hydrogen-bond acceptors (Lipinski definition) is 8. The van der Waals surface area contributed by atoms with Crippen LogP contribution in [0.3, 0.4) is 0 Å². The summed E-state index contributed by atoms with van der Waals surface area (Å²) in [7, 11) is 0. The normalized spacial score (nSPS) is 14.9. The van der Waals surface area contributed by atoms with Crippen LogP contribution >= 0.6 is 0 Å². The highest BCUT2D eigenvalue weighted by atomic mass is 16.6. The number of hydrogen-bond donors (Lipinski definition) is 1. The second-order valence-electron chi connectivity index (χ2n) is 8.57. The molecule has 1 heterocycles. The number of nitro groups is 2. The van der Waals surface area contributed by atoms with Crippen molar-refractivity contribution in [2.75, 3.05) is 10.4 Å². The first-order valence-corrected chi connectivity index (χ1v) is 11.8. The smallest absolute Gasteiger partial charge is 0.272 e. The van der Waals surface area contributed by atoms with Crippen molar-refractivity contribution < 1.29 is 9.85 Å². The Morgan fingerprint density at radius 1 is 0.868 bits per heavy atom. The molecule has 0 amide bonds. The second-order valence-corrected chi connectivity index (χ2v) is 8.57. The Hall–Kier alpha value is -5.38. The van der Waals surface area contributed by atoms with Crippen molar-refractivity contribution in [1.82, 2.24) is 0 Å².